The topological polar surface area (TPSA) is 52.6 Å². The lowest BCUT2D eigenvalue weighted by molar-refractivity contribution is -0.146. The van der Waals surface area contributed by atoms with E-state index >= 15 is 0 Å². The first-order valence-corrected chi connectivity index (χ1v) is 4.46. The van der Waals surface area contributed by atoms with Gasteiger partial charge in [0.25, 0.3) is 0 Å². The normalized spacial score (nSPS) is 10.5. The van der Waals surface area contributed by atoms with Crippen molar-refractivity contribution in [1.29, 1.82) is 0 Å². The van der Waals surface area contributed by atoms with Gasteiger partial charge in [0.2, 0.25) is 0 Å². The van der Waals surface area contributed by atoms with E-state index in [1.165, 1.54) is 6.08 Å². The van der Waals surface area contributed by atoms with E-state index in [-0.39, 0.29) is 13.2 Å². The van der Waals surface area contributed by atoms with Crippen LogP contribution in [-0.2, 0) is 19.1 Å². The number of hydrogen-bond acceptors (Lipinski definition) is 4. The monoisotopic (exact) mass is 210 g/mol. The minimum absolute atomic E-state index is 0.0358. The molecule has 0 amide bonds. The molecule has 0 saturated heterocycles. The molecule has 15 heavy (non-hydrogen) atoms. The summed E-state index contributed by atoms with van der Waals surface area (Å²) in [5, 5.41) is 0. The van der Waals surface area contributed by atoms with Crippen LogP contribution < -0.4 is 0 Å². The van der Waals surface area contributed by atoms with E-state index in [9.17, 15) is 9.59 Å². The molecule has 0 aliphatic carbocycles. The summed E-state index contributed by atoms with van der Waals surface area (Å²) >= 11 is 0. The average molecular weight is 210 g/mol. The van der Waals surface area contributed by atoms with Crippen molar-refractivity contribution < 1.29 is 19.1 Å². The molecule has 0 aromatic heterocycles. The highest BCUT2D eigenvalue weighted by Crippen LogP contribution is 1.85. The van der Waals surface area contributed by atoms with Gasteiger partial charge in [-0.05, 0) is 6.92 Å². The number of ether oxygens (including phenoxy) is 2. The standard InChI is InChI=1S/C11H14O4/c1-3-5-6-7-11(13)15-9-8-14-10(12)4-2/h3-7H,2,8-9H2,1H3/b5-3+,7-6+. The molecule has 0 bridgehead atoms. The Balaban J connectivity index is 3.55. The van der Waals surface area contributed by atoms with Crippen molar-refractivity contribution in [2.24, 2.45) is 0 Å². The van der Waals surface area contributed by atoms with E-state index in [2.05, 4.69) is 11.3 Å². The number of esters is 2. The third kappa shape index (κ3) is 8.49. The summed E-state index contributed by atoms with van der Waals surface area (Å²) in [5.41, 5.74) is 0. The molecule has 0 saturated carbocycles. The summed E-state index contributed by atoms with van der Waals surface area (Å²) in [6, 6.07) is 0. The summed E-state index contributed by atoms with van der Waals surface area (Å²) < 4.78 is 9.31. The van der Waals surface area contributed by atoms with Crippen molar-refractivity contribution in [2.45, 2.75) is 6.92 Å². The Bertz CT molecular complexity index is 276. The van der Waals surface area contributed by atoms with E-state index < -0.39 is 11.9 Å². The zero-order valence-electron chi connectivity index (χ0n) is 8.64. The largest absolute Gasteiger partial charge is 0.459 e. The summed E-state index contributed by atoms with van der Waals surface area (Å²) in [4.78, 5) is 21.5. The van der Waals surface area contributed by atoms with Crippen LogP contribution in [0.25, 0.3) is 0 Å². The predicted molar refractivity (Wildman–Crippen MR) is 56.1 cm³/mol. The first-order chi connectivity index (χ1) is 7.20. The van der Waals surface area contributed by atoms with Crippen LogP contribution in [0.1, 0.15) is 6.92 Å². The van der Waals surface area contributed by atoms with Crippen LogP contribution in [0, 0.1) is 0 Å². The van der Waals surface area contributed by atoms with Crippen molar-refractivity contribution in [2.75, 3.05) is 13.2 Å². The molecule has 0 fully saturated rings. The maximum Gasteiger partial charge on any atom is 0.330 e. The van der Waals surface area contributed by atoms with Gasteiger partial charge in [0.15, 0.2) is 0 Å². The molecule has 0 aliphatic rings. The minimum atomic E-state index is -0.532. The Kier molecular flexibility index (Phi) is 7.67. The summed E-state index contributed by atoms with van der Waals surface area (Å²) in [7, 11) is 0. The number of hydrogen-bond donors (Lipinski definition) is 0. The summed E-state index contributed by atoms with van der Waals surface area (Å²) in [5.74, 6) is -1.00. The van der Waals surface area contributed by atoms with Crippen LogP contribution in [0.15, 0.2) is 37.0 Å². The van der Waals surface area contributed by atoms with Crippen molar-refractivity contribution in [3.8, 4) is 0 Å². The molecule has 0 rings (SSSR count). The lowest BCUT2D eigenvalue weighted by atomic mass is 10.4. The highest BCUT2D eigenvalue weighted by Gasteiger charge is 1.98. The van der Waals surface area contributed by atoms with E-state index in [0.717, 1.165) is 6.08 Å². The highest BCUT2D eigenvalue weighted by molar-refractivity contribution is 5.82. The molecule has 0 atom stereocenters. The fraction of sp³-hybridized carbons (Fsp3) is 0.273. The van der Waals surface area contributed by atoms with Crippen LogP contribution in [0.3, 0.4) is 0 Å². The SMILES string of the molecule is C=CC(=O)OCCOC(=O)/C=C/C=C/C. The Labute approximate surface area is 88.9 Å². The summed E-state index contributed by atoms with van der Waals surface area (Å²) in [6.45, 7) is 5.14. The molecule has 4 heteroatoms. The summed E-state index contributed by atoms with van der Waals surface area (Å²) in [6.07, 6.45) is 7.40. The van der Waals surface area contributed by atoms with E-state index in [0.29, 0.717) is 0 Å². The molecule has 0 aromatic carbocycles. The zero-order valence-corrected chi connectivity index (χ0v) is 8.64. The molecule has 0 aliphatic heterocycles. The number of rotatable bonds is 6. The van der Waals surface area contributed by atoms with Gasteiger partial charge in [-0.1, -0.05) is 24.8 Å². The number of carbonyl (C=O) groups is 2. The average Bonchev–Trinajstić information content (AvgIpc) is 2.24. The maximum absolute atomic E-state index is 10.9. The van der Waals surface area contributed by atoms with Gasteiger partial charge in [0.1, 0.15) is 13.2 Å². The molecule has 0 aromatic rings. The maximum atomic E-state index is 10.9. The molecule has 0 N–H and O–H groups in total. The lowest BCUT2D eigenvalue weighted by Gasteiger charge is -2.01. The van der Waals surface area contributed by atoms with Gasteiger partial charge in [-0.2, -0.15) is 0 Å². The highest BCUT2D eigenvalue weighted by atomic mass is 16.6. The number of allylic oxidation sites excluding steroid dienone is 3. The molecule has 82 valence electrons. The van der Waals surface area contributed by atoms with Crippen molar-refractivity contribution in [3.05, 3.63) is 37.0 Å². The Morgan fingerprint density at radius 1 is 1.13 bits per heavy atom. The van der Waals surface area contributed by atoms with Gasteiger partial charge < -0.3 is 9.47 Å². The van der Waals surface area contributed by atoms with Crippen molar-refractivity contribution in [1.82, 2.24) is 0 Å². The Morgan fingerprint density at radius 2 is 1.73 bits per heavy atom. The first kappa shape index (κ1) is 13.2. The van der Waals surface area contributed by atoms with E-state index in [1.54, 1.807) is 18.2 Å². The Morgan fingerprint density at radius 3 is 2.27 bits per heavy atom. The van der Waals surface area contributed by atoms with Gasteiger partial charge in [-0.25, -0.2) is 9.59 Å². The second-order valence-electron chi connectivity index (χ2n) is 2.42. The third-order valence-corrected chi connectivity index (χ3v) is 1.27. The van der Waals surface area contributed by atoms with Crippen LogP contribution in [0.4, 0.5) is 0 Å². The zero-order chi connectivity index (χ0) is 11.5. The van der Waals surface area contributed by atoms with Crippen LogP contribution in [0.5, 0.6) is 0 Å². The molecule has 0 spiro atoms. The van der Waals surface area contributed by atoms with Crippen molar-refractivity contribution >= 4 is 11.9 Å². The van der Waals surface area contributed by atoms with Gasteiger partial charge in [-0.15, -0.1) is 0 Å². The third-order valence-electron chi connectivity index (χ3n) is 1.27. The molecular weight excluding hydrogens is 196 g/mol. The van der Waals surface area contributed by atoms with Gasteiger partial charge in [0, 0.05) is 12.2 Å². The predicted octanol–water partition coefficient (Wildman–Crippen LogP) is 1.39. The van der Waals surface area contributed by atoms with E-state index in [4.69, 9.17) is 4.74 Å². The van der Waals surface area contributed by atoms with Gasteiger partial charge in [0.05, 0.1) is 0 Å². The Hall–Kier alpha value is -1.84. The second kappa shape index (κ2) is 8.74. The van der Waals surface area contributed by atoms with Gasteiger partial charge in [-0.3, -0.25) is 0 Å². The van der Waals surface area contributed by atoms with Crippen LogP contribution >= 0.6 is 0 Å². The molecule has 0 radical (unpaired) electrons. The molecule has 4 nitrogen and oxygen atoms in total. The van der Waals surface area contributed by atoms with E-state index in [1.807, 2.05) is 6.92 Å². The lowest BCUT2D eigenvalue weighted by Crippen LogP contribution is -2.11. The minimum Gasteiger partial charge on any atom is -0.459 e. The number of carbonyl (C=O) groups excluding carboxylic acids is 2. The molecular formula is C11H14O4. The van der Waals surface area contributed by atoms with Gasteiger partial charge >= 0.3 is 11.9 Å². The smallest absolute Gasteiger partial charge is 0.330 e. The second-order valence-corrected chi connectivity index (χ2v) is 2.42. The van der Waals surface area contributed by atoms with Crippen LogP contribution in [-0.4, -0.2) is 25.2 Å². The molecule has 0 heterocycles. The fourth-order valence-electron chi connectivity index (χ4n) is 0.637. The fourth-order valence-corrected chi connectivity index (χ4v) is 0.637. The first-order valence-electron chi connectivity index (χ1n) is 4.46. The molecule has 0 unspecified atom stereocenters. The van der Waals surface area contributed by atoms with Crippen molar-refractivity contribution in [3.63, 3.8) is 0 Å². The van der Waals surface area contributed by atoms with Crippen LogP contribution in [0.2, 0.25) is 0 Å². The quantitative estimate of drug-likeness (QED) is 0.288.